The second-order valence-electron chi connectivity index (χ2n) is 9.58. The zero-order valence-electron chi connectivity index (χ0n) is 22.3. The molecule has 0 radical (unpaired) electrons. The van der Waals surface area contributed by atoms with E-state index in [0.717, 1.165) is 5.56 Å². The van der Waals surface area contributed by atoms with Crippen molar-refractivity contribution >= 4 is 39.1 Å². The Morgan fingerprint density at radius 2 is 1.46 bits per heavy atom. The van der Waals surface area contributed by atoms with Gasteiger partial charge in [0.15, 0.2) is 0 Å². The molecule has 3 aromatic rings. The van der Waals surface area contributed by atoms with E-state index >= 15 is 0 Å². The van der Waals surface area contributed by atoms with E-state index in [0.29, 0.717) is 55.3 Å². The van der Waals surface area contributed by atoms with Crippen LogP contribution < -0.4 is 4.31 Å². The standard InChI is InChI=1S/C30H34ClN3O4S/c1-3-32(4-2)29(35)25-18-20-33(21-19-25)30(36)24-12-16-27(17-13-24)34(22-23-10-14-26(31)15-11-23)39(37,38)28-8-6-5-7-9-28/h5-17,25H,3-4,18-22H2,1-2H3. The smallest absolute Gasteiger partial charge is 0.264 e. The lowest BCUT2D eigenvalue weighted by Crippen LogP contribution is -2.44. The average molecular weight is 568 g/mol. The summed E-state index contributed by atoms with van der Waals surface area (Å²) in [6.45, 7) is 6.48. The Morgan fingerprint density at radius 3 is 2.03 bits per heavy atom. The Morgan fingerprint density at radius 1 is 0.872 bits per heavy atom. The van der Waals surface area contributed by atoms with Gasteiger partial charge in [0.05, 0.1) is 17.1 Å². The lowest BCUT2D eigenvalue weighted by molar-refractivity contribution is -0.136. The third-order valence-corrected chi connectivity index (χ3v) is 9.22. The van der Waals surface area contributed by atoms with Gasteiger partial charge in [0.25, 0.3) is 15.9 Å². The highest BCUT2D eigenvalue weighted by Gasteiger charge is 2.30. The zero-order valence-corrected chi connectivity index (χ0v) is 23.9. The maximum Gasteiger partial charge on any atom is 0.264 e. The van der Waals surface area contributed by atoms with Crippen LogP contribution in [0.3, 0.4) is 0 Å². The average Bonchev–Trinajstić information content (AvgIpc) is 2.97. The molecule has 0 spiro atoms. The largest absolute Gasteiger partial charge is 0.343 e. The van der Waals surface area contributed by atoms with Crippen molar-refractivity contribution in [2.75, 3.05) is 30.5 Å². The highest BCUT2D eigenvalue weighted by atomic mass is 35.5. The van der Waals surface area contributed by atoms with Gasteiger partial charge < -0.3 is 9.80 Å². The number of likely N-dealkylation sites (tertiary alicyclic amines) is 1. The van der Waals surface area contributed by atoms with Crippen LogP contribution in [0.15, 0.2) is 83.8 Å². The molecule has 0 bridgehead atoms. The first-order valence-corrected chi connectivity index (χ1v) is 15.1. The van der Waals surface area contributed by atoms with Gasteiger partial charge in [-0.15, -0.1) is 0 Å². The number of nitrogens with zero attached hydrogens (tertiary/aromatic N) is 3. The molecule has 0 atom stereocenters. The number of anilines is 1. The van der Waals surface area contributed by atoms with Crippen molar-refractivity contribution in [1.29, 1.82) is 0 Å². The molecule has 0 N–H and O–H groups in total. The molecule has 0 aliphatic carbocycles. The molecule has 0 saturated carbocycles. The van der Waals surface area contributed by atoms with E-state index in [9.17, 15) is 18.0 Å². The number of amides is 2. The summed E-state index contributed by atoms with van der Waals surface area (Å²) in [5, 5.41) is 0.570. The van der Waals surface area contributed by atoms with Crippen LogP contribution in [0.4, 0.5) is 5.69 Å². The Kier molecular flexibility index (Phi) is 9.30. The van der Waals surface area contributed by atoms with E-state index in [4.69, 9.17) is 11.6 Å². The molecule has 3 aromatic carbocycles. The predicted octanol–water partition coefficient (Wildman–Crippen LogP) is 5.46. The normalized spacial score (nSPS) is 14.2. The van der Waals surface area contributed by atoms with Crippen molar-refractivity contribution in [1.82, 2.24) is 9.80 Å². The molecule has 0 unspecified atom stereocenters. The highest BCUT2D eigenvalue weighted by Crippen LogP contribution is 2.28. The number of rotatable bonds is 9. The van der Waals surface area contributed by atoms with Crippen molar-refractivity contribution < 1.29 is 18.0 Å². The van der Waals surface area contributed by atoms with Crippen LogP contribution in [0, 0.1) is 5.92 Å². The van der Waals surface area contributed by atoms with Crippen LogP contribution in [0.5, 0.6) is 0 Å². The molecule has 1 saturated heterocycles. The molecule has 39 heavy (non-hydrogen) atoms. The molecule has 206 valence electrons. The lowest BCUT2D eigenvalue weighted by atomic mass is 9.94. The summed E-state index contributed by atoms with van der Waals surface area (Å²) in [6, 6.07) is 22.0. The van der Waals surface area contributed by atoms with E-state index < -0.39 is 10.0 Å². The monoisotopic (exact) mass is 567 g/mol. The molecular weight excluding hydrogens is 534 g/mol. The van der Waals surface area contributed by atoms with Crippen LogP contribution in [0.25, 0.3) is 0 Å². The first-order chi connectivity index (χ1) is 18.7. The Bertz CT molecular complexity index is 1370. The Labute approximate surface area is 236 Å². The fourth-order valence-electron chi connectivity index (χ4n) is 4.87. The second kappa shape index (κ2) is 12.7. The van der Waals surface area contributed by atoms with Crippen LogP contribution >= 0.6 is 11.6 Å². The number of carbonyl (C=O) groups excluding carboxylic acids is 2. The van der Waals surface area contributed by atoms with Gasteiger partial charge in [-0.2, -0.15) is 0 Å². The highest BCUT2D eigenvalue weighted by molar-refractivity contribution is 7.92. The third kappa shape index (κ3) is 6.62. The van der Waals surface area contributed by atoms with Crippen molar-refractivity contribution in [2.24, 2.45) is 5.92 Å². The van der Waals surface area contributed by atoms with Gasteiger partial charge in [0.1, 0.15) is 0 Å². The lowest BCUT2D eigenvalue weighted by Gasteiger charge is -2.34. The molecule has 1 aliphatic rings. The first kappa shape index (κ1) is 28.6. The number of halogens is 1. The molecule has 9 heteroatoms. The van der Waals surface area contributed by atoms with Gasteiger partial charge in [-0.25, -0.2) is 8.42 Å². The van der Waals surface area contributed by atoms with E-state index in [1.807, 2.05) is 18.7 Å². The quantitative estimate of drug-likeness (QED) is 0.344. The summed E-state index contributed by atoms with van der Waals surface area (Å²) in [5.41, 5.74) is 1.71. The fraction of sp³-hybridized carbons (Fsp3) is 0.333. The van der Waals surface area contributed by atoms with E-state index in [1.165, 1.54) is 4.31 Å². The number of hydrogen-bond acceptors (Lipinski definition) is 4. The molecule has 0 aromatic heterocycles. The van der Waals surface area contributed by atoms with Crippen molar-refractivity contribution in [3.63, 3.8) is 0 Å². The number of hydrogen-bond donors (Lipinski definition) is 0. The van der Waals surface area contributed by atoms with Crippen LogP contribution in [-0.4, -0.2) is 56.2 Å². The molecule has 1 fully saturated rings. The Balaban J connectivity index is 1.52. The topological polar surface area (TPSA) is 78.0 Å². The van der Waals surface area contributed by atoms with E-state index in [1.54, 1.807) is 83.8 Å². The molecular formula is C30H34ClN3O4S. The molecule has 7 nitrogen and oxygen atoms in total. The zero-order chi connectivity index (χ0) is 28.0. The van der Waals surface area contributed by atoms with E-state index in [2.05, 4.69) is 0 Å². The van der Waals surface area contributed by atoms with Gasteiger partial charge in [-0.3, -0.25) is 13.9 Å². The first-order valence-electron chi connectivity index (χ1n) is 13.2. The minimum atomic E-state index is -3.87. The molecule has 4 rings (SSSR count). The second-order valence-corrected chi connectivity index (χ2v) is 11.9. The molecule has 1 aliphatic heterocycles. The van der Waals surface area contributed by atoms with Gasteiger partial charge >= 0.3 is 0 Å². The van der Waals surface area contributed by atoms with Crippen LogP contribution in [0.1, 0.15) is 42.6 Å². The minimum absolute atomic E-state index is 0.0547. The van der Waals surface area contributed by atoms with Gasteiger partial charge in [-0.1, -0.05) is 41.9 Å². The molecule has 1 heterocycles. The maximum absolute atomic E-state index is 13.6. The van der Waals surface area contributed by atoms with Gasteiger partial charge in [0, 0.05) is 42.7 Å². The van der Waals surface area contributed by atoms with Gasteiger partial charge in [0.2, 0.25) is 5.91 Å². The summed E-state index contributed by atoms with van der Waals surface area (Å²) < 4.78 is 28.6. The summed E-state index contributed by atoms with van der Waals surface area (Å²) in [6.07, 6.45) is 1.28. The summed E-state index contributed by atoms with van der Waals surface area (Å²) in [7, 11) is -3.87. The number of benzene rings is 3. The van der Waals surface area contributed by atoms with Crippen molar-refractivity contribution in [3.8, 4) is 0 Å². The predicted molar refractivity (Wildman–Crippen MR) is 154 cm³/mol. The van der Waals surface area contributed by atoms with Crippen molar-refractivity contribution in [3.05, 3.63) is 95.0 Å². The maximum atomic E-state index is 13.6. The van der Waals surface area contributed by atoms with Crippen LogP contribution in [-0.2, 0) is 21.4 Å². The minimum Gasteiger partial charge on any atom is -0.343 e. The van der Waals surface area contributed by atoms with Gasteiger partial charge in [-0.05, 0) is 80.8 Å². The summed E-state index contributed by atoms with van der Waals surface area (Å²) in [5.74, 6) is -0.0109. The summed E-state index contributed by atoms with van der Waals surface area (Å²) >= 11 is 6.03. The number of sulfonamides is 1. The third-order valence-electron chi connectivity index (χ3n) is 7.18. The Hall–Kier alpha value is -3.36. The van der Waals surface area contributed by atoms with E-state index in [-0.39, 0.29) is 29.2 Å². The summed E-state index contributed by atoms with van der Waals surface area (Å²) in [4.78, 5) is 29.7. The SMILES string of the molecule is CCN(CC)C(=O)C1CCN(C(=O)c2ccc(N(Cc3ccc(Cl)cc3)S(=O)(=O)c3ccccc3)cc2)CC1. The van der Waals surface area contributed by atoms with Crippen LogP contribution in [0.2, 0.25) is 5.02 Å². The van der Waals surface area contributed by atoms with Crippen molar-refractivity contribution in [2.45, 2.75) is 38.1 Å². The fourth-order valence-corrected chi connectivity index (χ4v) is 6.47. The molecule has 2 amide bonds. The number of piperidine rings is 1. The number of carbonyl (C=O) groups is 2.